The second-order valence-electron chi connectivity index (χ2n) is 4.65. The van der Waals surface area contributed by atoms with E-state index in [0.717, 1.165) is 5.56 Å². The van der Waals surface area contributed by atoms with E-state index in [9.17, 15) is 4.39 Å². The Morgan fingerprint density at radius 1 is 1.10 bits per heavy atom. The second-order valence-corrected chi connectivity index (χ2v) is 5.06. The molecule has 0 aliphatic carbocycles. The maximum atomic E-state index is 14.0. The van der Waals surface area contributed by atoms with E-state index in [-0.39, 0.29) is 5.56 Å². The van der Waals surface area contributed by atoms with Crippen LogP contribution in [0, 0.1) is 17.1 Å². The number of rotatable bonds is 4. The molecule has 0 bridgehead atoms. The summed E-state index contributed by atoms with van der Waals surface area (Å²) in [6.45, 7) is 1.04. The number of hydrogen-bond donors (Lipinski definition) is 0. The SMILES string of the molecule is CN(Cc1ccccc1Cl)Cc1cccc(C#N)c1F. The molecule has 2 rings (SSSR count). The molecule has 0 N–H and O–H groups in total. The molecule has 0 saturated heterocycles. The Morgan fingerprint density at radius 2 is 1.75 bits per heavy atom. The lowest BCUT2D eigenvalue weighted by molar-refractivity contribution is 0.313. The van der Waals surface area contributed by atoms with Gasteiger partial charge in [-0.2, -0.15) is 5.26 Å². The molecule has 0 saturated carbocycles. The van der Waals surface area contributed by atoms with Crippen LogP contribution in [0.5, 0.6) is 0 Å². The Bertz CT molecular complexity index is 649. The highest BCUT2D eigenvalue weighted by Gasteiger charge is 2.10. The number of nitriles is 1. The molecule has 20 heavy (non-hydrogen) atoms. The summed E-state index contributed by atoms with van der Waals surface area (Å²) in [4.78, 5) is 1.96. The summed E-state index contributed by atoms with van der Waals surface area (Å²) < 4.78 is 14.0. The average molecular weight is 289 g/mol. The normalized spacial score (nSPS) is 10.6. The summed E-state index contributed by atoms with van der Waals surface area (Å²) in [5.74, 6) is -0.444. The Labute approximate surface area is 123 Å². The standard InChI is InChI=1S/C16H14ClFN2/c1-20(10-13-5-2-3-8-15(13)17)11-14-7-4-6-12(9-19)16(14)18/h2-8H,10-11H2,1H3. The fraction of sp³-hybridized carbons (Fsp3) is 0.188. The van der Waals surface area contributed by atoms with Gasteiger partial charge in [-0.1, -0.05) is 41.9 Å². The van der Waals surface area contributed by atoms with E-state index in [0.29, 0.717) is 23.7 Å². The molecule has 0 atom stereocenters. The lowest BCUT2D eigenvalue weighted by Crippen LogP contribution is -2.18. The quantitative estimate of drug-likeness (QED) is 0.851. The summed E-state index contributed by atoms with van der Waals surface area (Å²) in [7, 11) is 1.89. The zero-order valence-corrected chi connectivity index (χ0v) is 11.9. The number of benzene rings is 2. The molecule has 0 aliphatic rings. The van der Waals surface area contributed by atoms with Crippen molar-refractivity contribution in [2.24, 2.45) is 0 Å². The molecular weight excluding hydrogens is 275 g/mol. The van der Waals surface area contributed by atoms with Gasteiger partial charge < -0.3 is 0 Å². The molecular formula is C16H14ClFN2. The van der Waals surface area contributed by atoms with E-state index in [4.69, 9.17) is 16.9 Å². The van der Waals surface area contributed by atoms with Crippen LogP contribution in [0.1, 0.15) is 16.7 Å². The Morgan fingerprint density at radius 3 is 2.45 bits per heavy atom. The number of halogens is 2. The van der Waals surface area contributed by atoms with Crippen molar-refractivity contribution in [2.75, 3.05) is 7.05 Å². The topological polar surface area (TPSA) is 27.0 Å². The average Bonchev–Trinajstić information content (AvgIpc) is 2.44. The van der Waals surface area contributed by atoms with Crippen molar-refractivity contribution < 1.29 is 4.39 Å². The van der Waals surface area contributed by atoms with Crippen molar-refractivity contribution in [3.05, 3.63) is 70.0 Å². The minimum atomic E-state index is -0.444. The van der Waals surface area contributed by atoms with Gasteiger partial charge in [-0.15, -0.1) is 0 Å². The lowest BCUT2D eigenvalue weighted by atomic mass is 10.1. The smallest absolute Gasteiger partial charge is 0.145 e. The third-order valence-corrected chi connectivity index (χ3v) is 3.41. The maximum absolute atomic E-state index is 14.0. The van der Waals surface area contributed by atoms with E-state index in [2.05, 4.69) is 0 Å². The van der Waals surface area contributed by atoms with Crippen LogP contribution in [0.4, 0.5) is 4.39 Å². The van der Waals surface area contributed by atoms with Crippen molar-refractivity contribution in [1.29, 1.82) is 5.26 Å². The molecule has 4 heteroatoms. The highest BCUT2D eigenvalue weighted by molar-refractivity contribution is 6.31. The van der Waals surface area contributed by atoms with Gasteiger partial charge in [-0.25, -0.2) is 4.39 Å². The molecule has 0 amide bonds. The predicted molar refractivity (Wildman–Crippen MR) is 77.7 cm³/mol. The molecule has 102 valence electrons. The van der Waals surface area contributed by atoms with Crippen molar-refractivity contribution >= 4 is 11.6 Å². The fourth-order valence-electron chi connectivity index (χ4n) is 2.05. The van der Waals surface area contributed by atoms with Crippen molar-refractivity contribution in [3.8, 4) is 6.07 Å². The van der Waals surface area contributed by atoms with Gasteiger partial charge in [-0.3, -0.25) is 4.90 Å². The van der Waals surface area contributed by atoms with Gasteiger partial charge in [0.15, 0.2) is 0 Å². The van der Waals surface area contributed by atoms with E-state index < -0.39 is 5.82 Å². The second kappa shape index (κ2) is 6.51. The first kappa shape index (κ1) is 14.5. The predicted octanol–water partition coefficient (Wildman–Crippen LogP) is 3.98. The van der Waals surface area contributed by atoms with Crippen LogP contribution in [0.15, 0.2) is 42.5 Å². The molecule has 2 aromatic rings. The Hall–Kier alpha value is -1.89. The third-order valence-electron chi connectivity index (χ3n) is 3.04. The van der Waals surface area contributed by atoms with Gasteiger partial charge in [-0.05, 0) is 24.7 Å². The summed E-state index contributed by atoms with van der Waals surface area (Å²) in [6, 6.07) is 14.3. The monoisotopic (exact) mass is 288 g/mol. The minimum Gasteiger partial charge on any atom is -0.298 e. The van der Waals surface area contributed by atoms with Crippen LogP contribution in [-0.4, -0.2) is 11.9 Å². The first-order chi connectivity index (χ1) is 9.61. The van der Waals surface area contributed by atoms with Crippen molar-refractivity contribution in [2.45, 2.75) is 13.1 Å². The van der Waals surface area contributed by atoms with Crippen molar-refractivity contribution in [3.63, 3.8) is 0 Å². The molecule has 0 fully saturated rings. The highest BCUT2D eigenvalue weighted by Crippen LogP contribution is 2.19. The van der Waals surface area contributed by atoms with Crippen LogP contribution < -0.4 is 0 Å². The van der Waals surface area contributed by atoms with E-state index in [1.807, 2.05) is 42.3 Å². The largest absolute Gasteiger partial charge is 0.298 e. The van der Waals surface area contributed by atoms with Gasteiger partial charge in [0.2, 0.25) is 0 Å². The lowest BCUT2D eigenvalue weighted by Gasteiger charge is -2.18. The third kappa shape index (κ3) is 3.36. The molecule has 0 spiro atoms. The van der Waals surface area contributed by atoms with Crippen LogP contribution in [0.25, 0.3) is 0 Å². The van der Waals surface area contributed by atoms with Crippen molar-refractivity contribution in [1.82, 2.24) is 4.90 Å². The first-order valence-corrected chi connectivity index (χ1v) is 6.59. The van der Waals surface area contributed by atoms with E-state index >= 15 is 0 Å². The van der Waals surface area contributed by atoms with Crippen LogP contribution in [0.3, 0.4) is 0 Å². The first-order valence-electron chi connectivity index (χ1n) is 6.21. The van der Waals surface area contributed by atoms with E-state index in [1.54, 1.807) is 12.1 Å². The Kier molecular flexibility index (Phi) is 4.73. The fourth-order valence-corrected chi connectivity index (χ4v) is 2.25. The molecule has 2 nitrogen and oxygen atoms in total. The summed E-state index contributed by atoms with van der Waals surface area (Å²) in [6.07, 6.45) is 0. The highest BCUT2D eigenvalue weighted by atomic mass is 35.5. The summed E-state index contributed by atoms with van der Waals surface area (Å²) in [5, 5.41) is 9.53. The minimum absolute atomic E-state index is 0.0774. The number of hydrogen-bond acceptors (Lipinski definition) is 2. The molecule has 0 aromatic heterocycles. The van der Waals surface area contributed by atoms with Gasteiger partial charge in [0.25, 0.3) is 0 Å². The van der Waals surface area contributed by atoms with Crippen LogP contribution >= 0.6 is 11.6 Å². The van der Waals surface area contributed by atoms with Gasteiger partial charge in [0.1, 0.15) is 11.9 Å². The maximum Gasteiger partial charge on any atom is 0.145 e. The zero-order valence-electron chi connectivity index (χ0n) is 11.1. The zero-order chi connectivity index (χ0) is 14.5. The molecule has 2 aromatic carbocycles. The van der Waals surface area contributed by atoms with Gasteiger partial charge in [0.05, 0.1) is 5.56 Å². The Balaban J connectivity index is 2.11. The van der Waals surface area contributed by atoms with Gasteiger partial charge in [0, 0.05) is 23.7 Å². The molecule has 0 aliphatic heterocycles. The molecule has 0 heterocycles. The summed E-state index contributed by atoms with van der Waals surface area (Å²) >= 11 is 6.11. The van der Waals surface area contributed by atoms with E-state index in [1.165, 1.54) is 6.07 Å². The van der Waals surface area contributed by atoms with Crippen LogP contribution in [0.2, 0.25) is 5.02 Å². The van der Waals surface area contributed by atoms with Crippen LogP contribution in [-0.2, 0) is 13.1 Å². The number of nitrogens with zero attached hydrogens (tertiary/aromatic N) is 2. The van der Waals surface area contributed by atoms with Gasteiger partial charge >= 0.3 is 0 Å². The summed E-state index contributed by atoms with van der Waals surface area (Å²) in [5.41, 5.74) is 1.58. The molecule has 0 radical (unpaired) electrons. The molecule has 0 unspecified atom stereocenters.